The van der Waals surface area contributed by atoms with Crippen molar-refractivity contribution in [3.8, 4) is 11.1 Å². The molecule has 0 radical (unpaired) electrons. The van der Waals surface area contributed by atoms with Crippen LogP contribution in [0, 0.1) is 0 Å². The molecule has 4 rings (SSSR count). The van der Waals surface area contributed by atoms with Gasteiger partial charge in [0.2, 0.25) is 0 Å². The van der Waals surface area contributed by atoms with Gasteiger partial charge in [0, 0.05) is 44.3 Å². The lowest BCUT2D eigenvalue weighted by Crippen LogP contribution is -1.96. The second-order valence-electron chi connectivity index (χ2n) is 5.13. The van der Waals surface area contributed by atoms with Crippen LogP contribution in [-0.4, -0.2) is 21.0 Å². The van der Waals surface area contributed by atoms with E-state index < -0.39 is 5.97 Å². The summed E-state index contributed by atoms with van der Waals surface area (Å²) < 4.78 is 1.01. The largest absolute Gasteiger partial charge is 0.478 e. The number of aromatic carboxylic acids is 1. The maximum Gasteiger partial charge on any atom is 0.337 e. The van der Waals surface area contributed by atoms with Crippen LogP contribution < -0.4 is 0 Å². The normalized spacial score (nSPS) is 11.3. The van der Waals surface area contributed by atoms with Crippen LogP contribution in [-0.2, 0) is 0 Å². The molecule has 0 atom stereocenters. The van der Waals surface area contributed by atoms with E-state index in [1.54, 1.807) is 12.1 Å². The minimum absolute atomic E-state index is 0.282. The smallest absolute Gasteiger partial charge is 0.337 e. The van der Waals surface area contributed by atoms with Gasteiger partial charge >= 0.3 is 5.97 Å². The molecular formula is C17H11BrN2O2. The van der Waals surface area contributed by atoms with E-state index in [1.807, 2.05) is 30.6 Å². The molecule has 3 N–H and O–H groups in total. The topological polar surface area (TPSA) is 68.9 Å². The number of benzene rings is 2. The van der Waals surface area contributed by atoms with E-state index >= 15 is 0 Å². The molecule has 4 nitrogen and oxygen atoms in total. The van der Waals surface area contributed by atoms with Gasteiger partial charge in [0.25, 0.3) is 0 Å². The van der Waals surface area contributed by atoms with Crippen molar-refractivity contribution < 1.29 is 9.90 Å². The number of nitrogens with one attached hydrogen (secondary N) is 2. The lowest BCUT2D eigenvalue weighted by molar-refractivity contribution is 0.0699. The second kappa shape index (κ2) is 4.74. The zero-order valence-electron chi connectivity index (χ0n) is 11.4. The molecule has 108 valence electrons. The van der Waals surface area contributed by atoms with Crippen molar-refractivity contribution in [2.45, 2.75) is 0 Å². The fourth-order valence-electron chi connectivity index (χ4n) is 2.87. The number of rotatable bonds is 2. The summed E-state index contributed by atoms with van der Waals surface area (Å²) in [6.45, 7) is 0. The predicted molar refractivity (Wildman–Crippen MR) is 90.3 cm³/mol. The van der Waals surface area contributed by atoms with Gasteiger partial charge in [0.05, 0.1) is 11.1 Å². The van der Waals surface area contributed by atoms with Gasteiger partial charge in [-0.05, 0) is 24.3 Å². The molecule has 0 spiro atoms. The SMILES string of the molecule is O=C(O)c1cccc2c(-c3c[nH]c4ccc(Br)cc34)c[nH]c12. The molecule has 2 aromatic carbocycles. The summed E-state index contributed by atoms with van der Waals surface area (Å²) in [5, 5.41) is 11.3. The van der Waals surface area contributed by atoms with Gasteiger partial charge in [-0.1, -0.05) is 28.1 Å². The summed E-state index contributed by atoms with van der Waals surface area (Å²) in [6.07, 6.45) is 3.81. The van der Waals surface area contributed by atoms with Crippen LogP contribution in [0.1, 0.15) is 10.4 Å². The van der Waals surface area contributed by atoms with E-state index in [2.05, 4.69) is 32.0 Å². The summed E-state index contributed by atoms with van der Waals surface area (Å²) in [5.41, 5.74) is 4.01. The van der Waals surface area contributed by atoms with Crippen molar-refractivity contribution in [1.29, 1.82) is 0 Å². The highest BCUT2D eigenvalue weighted by Gasteiger charge is 2.15. The van der Waals surface area contributed by atoms with Crippen molar-refractivity contribution in [1.82, 2.24) is 9.97 Å². The summed E-state index contributed by atoms with van der Waals surface area (Å²) >= 11 is 3.50. The number of H-pyrrole nitrogens is 2. The number of fused-ring (bicyclic) bond motifs is 2. The number of carbonyl (C=O) groups is 1. The summed E-state index contributed by atoms with van der Waals surface area (Å²) in [6, 6.07) is 11.4. The van der Waals surface area contributed by atoms with Gasteiger partial charge in [-0.25, -0.2) is 4.79 Å². The molecule has 0 aliphatic carbocycles. The standard InChI is InChI=1S/C17H11BrN2O2/c18-9-4-5-15-12(6-9)14(7-19-15)13-8-20-16-10(13)2-1-3-11(16)17(21)22/h1-8,19-20H,(H,21,22). The van der Waals surface area contributed by atoms with Crippen LogP contribution in [0.15, 0.2) is 53.3 Å². The predicted octanol–water partition coefficient (Wildman–Crippen LogP) is 4.78. The van der Waals surface area contributed by atoms with Crippen LogP contribution >= 0.6 is 15.9 Å². The van der Waals surface area contributed by atoms with Crippen molar-refractivity contribution in [2.24, 2.45) is 0 Å². The number of para-hydroxylation sites is 1. The highest BCUT2D eigenvalue weighted by atomic mass is 79.9. The third-order valence-corrected chi connectivity index (χ3v) is 4.37. The molecule has 0 aliphatic heterocycles. The average molecular weight is 355 g/mol. The minimum Gasteiger partial charge on any atom is -0.478 e. The molecule has 0 aliphatic rings. The quantitative estimate of drug-likeness (QED) is 0.484. The third kappa shape index (κ3) is 1.86. The van der Waals surface area contributed by atoms with Gasteiger partial charge in [0.15, 0.2) is 0 Å². The van der Waals surface area contributed by atoms with E-state index in [9.17, 15) is 9.90 Å². The van der Waals surface area contributed by atoms with Gasteiger partial charge in [-0.15, -0.1) is 0 Å². The van der Waals surface area contributed by atoms with E-state index in [-0.39, 0.29) is 5.56 Å². The molecule has 5 heteroatoms. The van der Waals surface area contributed by atoms with Gasteiger partial charge in [-0.3, -0.25) is 0 Å². The molecule has 0 fully saturated rings. The molecule has 2 heterocycles. The Morgan fingerprint density at radius 2 is 1.77 bits per heavy atom. The van der Waals surface area contributed by atoms with Crippen LogP contribution in [0.2, 0.25) is 0 Å². The first kappa shape index (κ1) is 13.2. The van der Waals surface area contributed by atoms with Crippen molar-refractivity contribution in [2.75, 3.05) is 0 Å². The Kier molecular flexibility index (Phi) is 2.84. The summed E-state index contributed by atoms with van der Waals surface area (Å²) in [4.78, 5) is 17.7. The number of carboxylic acids is 1. The second-order valence-corrected chi connectivity index (χ2v) is 6.04. The summed E-state index contributed by atoms with van der Waals surface area (Å²) in [5.74, 6) is -0.930. The molecule has 0 unspecified atom stereocenters. The van der Waals surface area contributed by atoms with Gasteiger partial charge < -0.3 is 15.1 Å². The molecule has 4 aromatic rings. The zero-order chi connectivity index (χ0) is 15.3. The highest BCUT2D eigenvalue weighted by molar-refractivity contribution is 9.10. The fourth-order valence-corrected chi connectivity index (χ4v) is 3.23. The van der Waals surface area contributed by atoms with Gasteiger partial charge in [0.1, 0.15) is 0 Å². The highest BCUT2D eigenvalue weighted by Crippen LogP contribution is 2.35. The maximum atomic E-state index is 11.3. The molecule has 22 heavy (non-hydrogen) atoms. The molecule has 0 saturated heterocycles. The number of carboxylic acid groups (broad SMARTS) is 1. The van der Waals surface area contributed by atoms with Gasteiger partial charge in [-0.2, -0.15) is 0 Å². The lowest BCUT2D eigenvalue weighted by Gasteiger charge is -2.00. The summed E-state index contributed by atoms with van der Waals surface area (Å²) in [7, 11) is 0. The monoisotopic (exact) mass is 354 g/mol. The number of aromatic amines is 2. The molecule has 0 amide bonds. The lowest BCUT2D eigenvalue weighted by atomic mass is 10.0. The average Bonchev–Trinajstić information content (AvgIpc) is 3.09. The minimum atomic E-state index is -0.930. The number of hydrogen-bond donors (Lipinski definition) is 3. The zero-order valence-corrected chi connectivity index (χ0v) is 12.9. The Labute approximate surface area is 133 Å². The Morgan fingerprint density at radius 1 is 1.00 bits per heavy atom. The van der Waals surface area contributed by atoms with E-state index in [4.69, 9.17) is 0 Å². The fraction of sp³-hybridized carbons (Fsp3) is 0. The van der Waals surface area contributed by atoms with Crippen LogP contribution in [0.3, 0.4) is 0 Å². The van der Waals surface area contributed by atoms with Crippen molar-refractivity contribution in [3.63, 3.8) is 0 Å². The Hall–Kier alpha value is -2.53. The van der Waals surface area contributed by atoms with Crippen LogP contribution in [0.5, 0.6) is 0 Å². The number of hydrogen-bond acceptors (Lipinski definition) is 1. The van der Waals surface area contributed by atoms with Crippen molar-refractivity contribution in [3.05, 3.63) is 58.8 Å². The molecule has 2 aromatic heterocycles. The Bertz CT molecular complexity index is 1030. The first-order valence-electron chi connectivity index (χ1n) is 6.75. The third-order valence-electron chi connectivity index (χ3n) is 3.88. The first-order chi connectivity index (χ1) is 10.6. The van der Waals surface area contributed by atoms with Crippen LogP contribution in [0.25, 0.3) is 32.9 Å². The molecule has 0 bridgehead atoms. The van der Waals surface area contributed by atoms with E-state index in [0.29, 0.717) is 5.52 Å². The Morgan fingerprint density at radius 3 is 2.59 bits per heavy atom. The number of halogens is 1. The first-order valence-corrected chi connectivity index (χ1v) is 7.55. The van der Waals surface area contributed by atoms with Crippen molar-refractivity contribution >= 4 is 43.7 Å². The molecular weight excluding hydrogens is 344 g/mol. The molecule has 0 saturated carbocycles. The van der Waals surface area contributed by atoms with E-state index in [0.717, 1.165) is 31.9 Å². The Balaban J connectivity index is 2.03. The maximum absolute atomic E-state index is 11.3. The van der Waals surface area contributed by atoms with Crippen LogP contribution in [0.4, 0.5) is 0 Å². The number of aromatic nitrogens is 2. The van der Waals surface area contributed by atoms with E-state index in [1.165, 1.54) is 0 Å².